The van der Waals surface area contributed by atoms with Crippen LogP contribution in [0.2, 0.25) is 0 Å². The zero-order valence-electron chi connectivity index (χ0n) is 9.77. The number of phenols is 1. The van der Waals surface area contributed by atoms with Crippen LogP contribution in [0.1, 0.15) is 18.9 Å². The molecule has 16 heavy (non-hydrogen) atoms. The van der Waals surface area contributed by atoms with Crippen LogP contribution in [0.3, 0.4) is 0 Å². The average molecular weight is 241 g/mol. The Morgan fingerprint density at radius 3 is 2.56 bits per heavy atom. The van der Waals surface area contributed by atoms with Crippen molar-refractivity contribution in [3.8, 4) is 5.75 Å². The first kappa shape index (κ1) is 13.2. The summed E-state index contributed by atoms with van der Waals surface area (Å²) < 4.78 is 10.9. The van der Waals surface area contributed by atoms with Crippen LogP contribution < -0.4 is 5.32 Å². The topological polar surface area (TPSA) is 49.3 Å². The van der Waals surface area contributed by atoms with Crippen molar-refractivity contribution in [2.75, 3.05) is 12.0 Å². The second-order valence-corrected chi connectivity index (χ2v) is 5.57. The Kier molecular flexibility index (Phi) is 5.49. The number of aromatic hydroxyl groups is 1. The van der Waals surface area contributed by atoms with E-state index in [-0.39, 0.29) is 5.75 Å². The molecule has 0 spiro atoms. The van der Waals surface area contributed by atoms with Crippen LogP contribution in [-0.4, -0.2) is 27.4 Å². The third-order valence-corrected chi connectivity index (χ3v) is 3.24. The first-order valence-corrected chi connectivity index (χ1v) is 7.12. The zero-order valence-corrected chi connectivity index (χ0v) is 10.6. The summed E-state index contributed by atoms with van der Waals surface area (Å²) in [6.45, 7) is 2.87. The quantitative estimate of drug-likeness (QED) is 0.796. The molecule has 0 aliphatic rings. The van der Waals surface area contributed by atoms with E-state index in [0.717, 1.165) is 24.3 Å². The second-order valence-electron chi connectivity index (χ2n) is 4.01. The number of phenolic OH excluding ortho intramolecular Hbond substituents is 1. The first-order valence-electron chi connectivity index (χ1n) is 5.39. The van der Waals surface area contributed by atoms with Gasteiger partial charge < -0.3 is 10.4 Å². The first-order chi connectivity index (χ1) is 7.58. The number of hydrogen-bond donors (Lipinski definition) is 2. The van der Waals surface area contributed by atoms with Gasteiger partial charge in [-0.3, -0.25) is 4.21 Å². The highest BCUT2D eigenvalue weighted by atomic mass is 32.2. The number of benzene rings is 1. The Morgan fingerprint density at radius 2 is 2.00 bits per heavy atom. The highest BCUT2D eigenvalue weighted by Crippen LogP contribution is 2.09. The Balaban J connectivity index is 2.28. The maximum absolute atomic E-state index is 10.9. The lowest BCUT2D eigenvalue weighted by atomic mass is 10.2. The molecule has 2 N–H and O–H groups in total. The van der Waals surface area contributed by atoms with Crippen molar-refractivity contribution in [3.05, 3.63) is 29.8 Å². The third kappa shape index (κ3) is 5.28. The van der Waals surface area contributed by atoms with Crippen molar-refractivity contribution < 1.29 is 9.32 Å². The van der Waals surface area contributed by atoms with Crippen LogP contribution in [0.15, 0.2) is 24.3 Å². The Labute approximate surface area is 99.3 Å². The molecule has 0 aromatic heterocycles. The molecule has 2 unspecified atom stereocenters. The minimum atomic E-state index is -0.710. The second kappa shape index (κ2) is 6.66. The van der Waals surface area contributed by atoms with E-state index >= 15 is 0 Å². The summed E-state index contributed by atoms with van der Waals surface area (Å²) in [6.07, 6.45) is 2.65. The van der Waals surface area contributed by atoms with Crippen molar-refractivity contribution in [1.29, 1.82) is 0 Å². The predicted octanol–water partition coefficient (Wildman–Crippen LogP) is 1.64. The maximum Gasteiger partial charge on any atom is 0.115 e. The minimum absolute atomic E-state index is 0.290. The standard InChI is InChI=1S/C12H19NO2S/c1-10(7-8-16(2)15)13-9-11-3-5-12(14)6-4-11/h3-6,10,13-14H,7-9H2,1-2H3. The van der Waals surface area contributed by atoms with Crippen LogP contribution in [0.5, 0.6) is 5.75 Å². The molecule has 90 valence electrons. The highest BCUT2D eigenvalue weighted by molar-refractivity contribution is 7.84. The molecular weight excluding hydrogens is 222 g/mol. The SMILES string of the molecule is CC(CCS(C)=O)NCc1ccc(O)cc1. The molecule has 0 saturated heterocycles. The molecule has 0 heterocycles. The van der Waals surface area contributed by atoms with Gasteiger partial charge in [-0.1, -0.05) is 12.1 Å². The van der Waals surface area contributed by atoms with Gasteiger partial charge in [0.25, 0.3) is 0 Å². The van der Waals surface area contributed by atoms with Crippen LogP contribution in [-0.2, 0) is 17.3 Å². The molecule has 1 aromatic rings. The van der Waals surface area contributed by atoms with Gasteiger partial charge in [0, 0.05) is 35.4 Å². The molecule has 3 nitrogen and oxygen atoms in total. The molecule has 0 aliphatic carbocycles. The molecule has 4 heteroatoms. The third-order valence-electron chi connectivity index (χ3n) is 2.43. The Bertz CT molecular complexity index is 337. The molecule has 0 bridgehead atoms. The van der Waals surface area contributed by atoms with Gasteiger partial charge in [0.2, 0.25) is 0 Å². The summed E-state index contributed by atoms with van der Waals surface area (Å²) in [5.74, 6) is 1.03. The van der Waals surface area contributed by atoms with Crippen LogP contribution in [0.4, 0.5) is 0 Å². The fourth-order valence-electron chi connectivity index (χ4n) is 1.35. The number of hydrogen-bond acceptors (Lipinski definition) is 3. The largest absolute Gasteiger partial charge is 0.508 e. The lowest BCUT2D eigenvalue weighted by molar-refractivity contribution is 0.474. The van der Waals surface area contributed by atoms with E-state index in [0.29, 0.717) is 6.04 Å². The number of rotatable bonds is 6. The molecule has 0 saturated carbocycles. The molecular formula is C12H19NO2S. The summed E-state index contributed by atoms with van der Waals surface area (Å²) in [5, 5.41) is 12.5. The highest BCUT2D eigenvalue weighted by Gasteiger charge is 2.02. The van der Waals surface area contributed by atoms with Gasteiger partial charge in [0.1, 0.15) is 5.75 Å². The van der Waals surface area contributed by atoms with Crippen molar-refractivity contribution >= 4 is 10.8 Å². The molecule has 0 aliphatic heterocycles. The van der Waals surface area contributed by atoms with E-state index < -0.39 is 10.8 Å². The fraction of sp³-hybridized carbons (Fsp3) is 0.500. The average Bonchev–Trinajstić information content (AvgIpc) is 2.25. The molecule has 0 amide bonds. The fourth-order valence-corrected chi connectivity index (χ4v) is 2.04. The lowest BCUT2D eigenvalue weighted by Crippen LogP contribution is -2.26. The van der Waals surface area contributed by atoms with E-state index in [1.807, 2.05) is 12.1 Å². The summed E-state index contributed by atoms with van der Waals surface area (Å²) in [6, 6.07) is 7.52. The van der Waals surface area contributed by atoms with E-state index in [4.69, 9.17) is 5.11 Å². The van der Waals surface area contributed by atoms with E-state index in [1.54, 1.807) is 18.4 Å². The smallest absolute Gasteiger partial charge is 0.115 e. The van der Waals surface area contributed by atoms with Gasteiger partial charge >= 0.3 is 0 Å². The molecule has 1 aromatic carbocycles. The minimum Gasteiger partial charge on any atom is -0.508 e. The summed E-state index contributed by atoms with van der Waals surface area (Å²) >= 11 is 0. The van der Waals surface area contributed by atoms with Crippen molar-refractivity contribution in [2.24, 2.45) is 0 Å². The molecule has 1 rings (SSSR count). The van der Waals surface area contributed by atoms with Gasteiger partial charge in [-0.25, -0.2) is 0 Å². The summed E-state index contributed by atoms with van der Waals surface area (Å²) in [4.78, 5) is 0. The number of nitrogens with one attached hydrogen (secondary N) is 1. The van der Waals surface area contributed by atoms with Crippen molar-refractivity contribution in [3.63, 3.8) is 0 Å². The van der Waals surface area contributed by atoms with Crippen LogP contribution >= 0.6 is 0 Å². The molecule has 2 atom stereocenters. The summed E-state index contributed by atoms with van der Waals surface area (Å²) in [7, 11) is -0.710. The Hall–Kier alpha value is -0.870. The normalized spacial score (nSPS) is 14.6. The van der Waals surface area contributed by atoms with Crippen molar-refractivity contribution in [2.45, 2.75) is 25.9 Å². The van der Waals surface area contributed by atoms with E-state index in [1.165, 1.54) is 0 Å². The van der Waals surface area contributed by atoms with Gasteiger partial charge in [-0.2, -0.15) is 0 Å². The maximum atomic E-state index is 10.9. The Morgan fingerprint density at radius 1 is 1.38 bits per heavy atom. The van der Waals surface area contributed by atoms with Gasteiger partial charge in [0.15, 0.2) is 0 Å². The van der Waals surface area contributed by atoms with E-state index in [9.17, 15) is 4.21 Å². The van der Waals surface area contributed by atoms with Crippen LogP contribution in [0.25, 0.3) is 0 Å². The van der Waals surface area contributed by atoms with E-state index in [2.05, 4.69) is 12.2 Å². The van der Waals surface area contributed by atoms with Gasteiger partial charge in [0.05, 0.1) is 0 Å². The summed E-state index contributed by atoms with van der Waals surface area (Å²) in [5.41, 5.74) is 1.14. The van der Waals surface area contributed by atoms with Gasteiger partial charge in [-0.15, -0.1) is 0 Å². The lowest BCUT2D eigenvalue weighted by Gasteiger charge is -2.12. The molecule has 0 radical (unpaired) electrons. The monoisotopic (exact) mass is 241 g/mol. The van der Waals surface area contributed by atoms with Crippen LogP contribution in [0, 0.1) is 0 Å². The molecule has 0 fully saturated rings. The van der Waals surface area contributed by atoms with Gasteiger partial charge in [-0.05, 0) is 31.0 Å². The zero-order chi connectivity index (χ0) is 12.0. The predicted molar refractivity (Wildman–Crippen MR) is 68.0 cm³/mol. The van der Waals surface area contributed by atoms with Crippen molar-refractivity contribution in [1.82, 2.24) is 5.32 Å².